The fraction of sp³-hybridized carbons (Fsp3) is 0.588. The summed E-state index contributed by atoms with van der Waals surface area (Å²) in [6.07, 6.45) is 5.48. The second kappa shape index (κ2) is 5.68. The molecule has 0 radical (unpaired) electrons. The molecule has 1 aliphatic carbocycles. The minimum Gasteiger partial charge on any atom is -0.468 e. The van der Waals surface area contributed by atoms with Crippen molar-refractivity contribution in [1.82, 2.24) is 0 Å². The maximum Gasteiger partial charge on any atom is 0.327 e. The van der Waals surface area contributed by atoms with Crippen molar-refractivity contribution < 1.29 is 9.53 Å². The van der Waals surface area contributed by atoms with Crippen LogP contribution in [0.5, 0.6) is 0 Å². The van der Waals surface area contributed by atoms with Crippen LogP contribution in [0.2, 0.25) is 0 Å². The van der Waals surface area contributed by atoms with Crippen LogP contribution in [-0.2, 0) is 16.0 Å². The number of esters is 1. The Labute approximate surface area is 126 Å². The van der Waals surface area contributed by atoms with Crippen LogP contribution in [0.4, 0.5) is 5.69 Å². The Morgan fingerprint density at radius 3 is 2.86 bits per heavy atom. The lowest BCUT2D eigenvalue weighted by Crippen LogP contribution is -2.58. The molecule has 1 heterocycles. The molecule has 1 saturated carbocycles. The Morgan fingerprint density at radius 1 is 1.38 bits per heavy atom. The zero-order valence-electron chi connectivity index (χ0n) is 12.7. The van der Waals surface area contributed by atoms with Gasteiger partial charge in [-0.15, -0.1) is 0 Å². The summed E-state index contributed by atoms with van der Waals surface area (Å²) < 4.78 is 4.99. The van der Waals surface area contributed by atoms with Crippen molar-refractivity contribution in [2.45, 2.75) is 37.6 Å². The second-order valence-electron chi connectivity index (χ2n) is 6.31. The molecule has 1 aromatic carbocycles. The van der Waals surface area contributed by atoms with Crippen LogP contribution >= 0.6 is 0 Å². The summed E-state index contributed by atoms with van der Waals surface area (Å²) in [7, 11) is 1.43. The quantitative estimate of drug-likeness (QED) is 0.862. The number of carbonyl (C=O) groups is 1. The monoisotopic (exact) mass is 288 g/mol. The largest absolute Gasteiger partial charge is 0.468 e. The van der Waals surface area contributed by atoms with Crippen LogP contribution in [0.3, 0.4) is 0 Å². The van der Waals surface area contributed by atoms with Gasteiger partial charge in [0.2, 0.25) is 0 Å². The predicted molar refractivity (Wildman–Crippen MR) is 83.3 cm³/mol. The van der Waals surface area contributed by atoms with E-state index in [1.165, 1.54) is 24.8 Å². The first-order chi connectivity index (χ1) is 10.1. The van der Waals surface area contributed by atoms with Crippen molar-refractivity contribution in [3.8, 4) is 0 Å². The molecule has 0 spiro atoms. The summed E-state index contributed by atoms with van der Waals surface area (Å²) in [5, 5.41) is 0. The molecule has 0 amide bonds. The Hall–Kier alpha value is -1.55. The number of aryl methyl sites for hydroxylation is 1. The summed E-state index contributed by atoms with van der Waals surface area (Å²) >= 11 is 0. The zero-order chi connectivity index (χ0) is 14.9. The molecule has 0 aromatic heterocycles. The minimum absolute atomic E-state index is 0.264. The predicted octanol–water partition coefficient (Wildman–Crippen LogP) is 2.11. The molecule has 1 unspecified atom stereocenters. The van der Waals surface area contributed by atoms with Gasteiger partial charge >= 0.3 is 5.97 Å². The fourth-order valence-electron chi connectivity index (χ4n) is 3.40. The first kappa shape index (κ1) is 14.4. The lowest BCUT2D eigenvalue weighted by molar-refractivity contribution is -0.147. The third-order valence-corrected chi connectivity index (χ3v) is 4.78. The normalized spacial score (nSPS) is 21.1. The van der Waals surface area contributed by atoms with E-state index in [0.29, 0.717) is 6.54 Å². The Kier molecular flexibility index (Phi) is 3.89. The highest BCUT2D eigenvalue weighted by molar-refractivity contribution is 5.82. The van der Waals surface area contributed by atoms with Crippen molar-refractivity contribution in [3.05, 3.63) is 29.8 Å². The highest BCUT2D eigenvalue weighted by atomic mass is 16.5. The van der Waals surface area contributed by atoms with Gasteiger partial charge in [-0.05, 0) is 49.7 Å². The third-order valence-electron chi connectivity index (χ3n) is 4.78. The molecule has 21 heavy (non-hydrogen) atoms. The summed E-state index contributed by atoms with van der Waals surface area (Å²) in [6, 6.07) is 8.47. The van der Waals surface area contributed by atoms with E-state index in [1.54, 1.807) is 0 Å². The van der Waals surface area contributed by atoms with Gasteiger partial charge in [0, 0.05) is 18.8 Å². The molecule has 0 saturated heterocycles. The molecule has 114 valence electrons. The first-order valence-corrected chi connectivity index (χ1v) is 7.85. The topological polar surface area (TPSA) is 55.6 Å². The summed E-state index contributed by atoms with van der Waals surface area (Å²) in [5.74, 6) is -0.00732. The highest BCUT2D eigenvalue weighted by Crippen LogP contribution is 2.40. The molecule has 2 N–H and O–H groups in total. The lowest BCUT2D eigenvalue weighted by atomic mass is 9.93. The summed E-state index contributed by atoms with van der Waals surface area (Å²) in [5.41, 5.74) is 8.20. The number of nitrogens with two attached hydrogens (primary N) is 1. The number of rotatable bonds is 4. The van der Waals surface area contributed by atoms with E-state index in [0.717, 1.165) is 32.2 Å². The standard InChI is InChI=1S/C17H24N2O2/c1-21-16(20)17(18,14-9-10-14)12-19-11-5-4-7-13-6-2-3-8-15(13)19/h2-3,6,8,14H,4-5,7,9-12,18H2,1H3. The SMILES string of the molecule is COC(=O)C(N)(CN1CCCCc2ccccc21)C1CC1. The number of methoxy groups -OCH3 is 1. The number of nitrogens with zero attached hydrogens (tertiary/aromatic N) is 1. The highest BCUT2D eigenvalue weighted by Gasteiger charge is 2.50. The van der Waals surface area contributed by atoms with Gasteiger partial charge in [-0.3, -0.25) is 0 Å². The Morgan fingerprint density at radius 2 is 2.14 bits per heavy atom. The molecule has 1 fully saturated rings. The minimum atomic E-state index is -0.869. The first-order valence-electron chi connectivity index (χ1n) is 7.85. The third kappa shape index (κ3) is 2.77. The second-order valence-corrected chi connectivity index (χ2v) is 6.31. The van der Waals surface area contributed by atoms with Crippen LogP contribution in [-0.4, -0.2) is 31.7 Å². The number of benzene rings is 1. The van der Waals surface area contributed by atoms with E-state index in [-0.39, 0.29) is 11.9 Å². The van der Waals surface area contributed by atoms with Gasteiger partial charge < -0.3 is 15.4 Å². The molecule has 4 heteroatoms. The number of carbonyl (C=O) groups excluding carboxylic acids is 1. The van der Waals surface area contributed by atoms with E-state index in [2.05, 4.69) is 29.2 Å². The maximum atomic E-state index is 12.2. The van der Waals surface area contributed by atoms with Gasteiger partial charge in [-0.25, -0.2) is 4.79 Å². The van der Waals surface area contributed by atoms with E-state index in [1.807, 2.05) is 0 Å². The van der Waals surface area contributed by atoms with Crippen molar-refractivity contribution in [1.29, 1.82) is 0 Å². The lowest BCUT2D eigenvalue weighted by Gasteiger charge is -2.35. The van der Waals surface area contributed by atoms with Crippen molar-refractivity contribution >= 4 is 11.7 Å². The molecular weight excluding hydrogens is 264 g/mol. The van der Waals surface area contributed by atoms with Gasteiger partial charge in [0.05, 0.1) is 7.11 Å². The molecule has 1 atom stereocenters. The summed E-state index contributed by atoms with van der Waals surface area (Å²) in [6.45, 7) is 1.51. The average Bonchev–Trinajstić information content (AvgIpc) is 3.34. The maximum absolute atomic E-state index is 12.2. The van der Waals surface area contributed by atoms with Crippen molar-refractivity contribution in [3.63, 3.8) is 0 Å². The zero-order valence-corrected chi connectivity index (χ0v) is 12.7. The van der Waals surface area contributed by atoms with Crippen LogP contribution in [0.15, 0.2) is 24.3 Å². The number of ether oxygens (including phenoxy) is 1. The molecule has 0 bridgehead atoms. The summed E-state index contributed by atoms with van der Waals surface area (Å²) in [4.78, 5) is 14.5. The van der Waals surface area contributed by atoms with Crippen LogP contribution < -0.4 is 10.6 Å². The number of fused-ring (bicyclic) bond motifs is 1. The van der Waals surface area contributed by atoms with E-state index < -0.39 is 5.54 Å². The van der Waals surface area contributed by atoms with Crippen LogP contribution in [0.25, 0.3) is 0 Å². The Bertz CT molecular complexity index is 527. The number of hydrogen-bond donors (Lipinski definition) is 1. The number of anilines is 1. The molecule has 3 rings (SSSR count). The molecular formula is C17H24N2O2. The van der Waals surface area contributed by atoms with Gasteiger partial charge in [0.25, 0.3) is 0 Å². The van der Waals surface area contributed by atoms with Gasteiger partial charge in [-0.1, -0.05) is 18.2 Å². The van der Waals surface area contributed by atoms with Crippen molar-refractivity contribution in [2.75, 3.05) is 25.1 Å². The van der Waals surface area contributed by atoms with Crippen molar-refractivity contribution in [2.24, 2.45) is 11.7 Å². The molecule has 4 nitrogen and oxygen atoms in total. The average molecular weight is 288 g/mol. The van der Waals surface area contributed by atoms with Gasteiger partial charge in [0.15, 0.2) is 0 Å². The van der Waals surface area contributed by atoms with E-state index >= 15 is 0 Å². The van der Waals surface area contributed by atoms with E-state index in [9.17, 15) is 4.79 Å². The molecule has 1 aliphatic heterocycles. The van der Waals surface area contributed by atoms with E-state index in [4.69, 9.17) is 10.5 Å². The molecule has 1 aromatic rings. The van der Waals surface area contributed by atoms with Crippen LogP contribution in [0, 0.1) is 5.92 Å². The van der Waals surface area contributed by atoms with Gasteiger partial charge in [-0.2, -0.15) is 0 Å². The number of para-hydroxylation sites is 1. The number of hydrogen-bond acceptors (Lipinski definition) is 4. The van der Waals surface area contributed by atoms with Gasteiger partial charge in [0.1, 0.15) is 5.54 Å². The fourth-order valence-corrected chi connectivity index (χ4v) is 3.40. The Balaban J connectivity index is 1.87. The van der Waals surface area contributed by atoms with Crippen LogP contribution in [0.1, 0.15) is 31.2 Å². The smallest absolute Gasteiger partial charge is 0.327 e. The molecule has 2 aliphatic rings.